The van der Waals surface area contributed by atoms with Crippen molar-refractivity contribution in [1.82, 2.24) is 9.88 Å². The Balaban J connectivity index is 2.48. The minimum absolute atomic E-state index is 0.0503. The second-order valence-electron chi connectivity index (χ2n) is 5.35. The number of carboxylic acids is 1. The molecule has 2 heterocycles. The summed E-state index contributed by atoms with van der Waals surface area (Å²) in [5.74, 6) is -0.827. The molecule has 0 bridgehead atoms. The van der Waals surface area contributed by atoms with E-state index in [4.69, 9.17) is 10.8 Å². The van der Waals surface area contributed by atoms with E-state index in [2.05, 4.69) is 4.98 Å². The molecule has 1 aromatic heterocycles. The second-order valence-corrected chi connectivity index (χ2v) is 5.35. The van der Waals surface area contributed by atoms with Crippen LogP contribution in [0.15, 0.2) is 12.1 Å². The summed E-state index contributed by atoms with van der Waals surface area (Å²) in [6.45, 7) is 4.65. The molecule has 1 aliphatic heterocycles. The van der Waals surface area contributed by atoms with Crippen molar-refractivity contribution in [3.8, 4) is 0 Å². The van der Waals surface area contributed by atoms with Crippen molar-refractivity contribution in [2.24, 2.45) is 0 Å². The Kier molecular flexibility index (Phi) is 3.29. The van der Waals surface area contributed by atoms with Gasteiger partial charge in [0, 0.05) is 20.1 Å². The maximum absolute atomic E-state index is 12.3. The van der Waals surface area contributed by atoms with Gasteiger partial charge in [-0.1, -0.05) is 0 Å². The zero-order chi connectivity index (χ0) is 15.1. The average Bonchev–Trinajstić information content (AvgIpc) is 2.37. The Bertz CT molecular complexity index is 571. The van der Waals surface area contributed by atoms with Crippen LogP contribution in [0, 0.1) is 0 Å². The van der Waals surface area contributed by atoms with Gasteiger partial charge in [0.25, 0.3) is 0 Å². The number of amides is 1. The highest BCUT2D eigenvalue weighted by Crippen LogP contribution is 2.31. The lowest BCUT2D eigenvalue weighted by molar-refractivity contribution is -0.136. The lowest BCUT2D eigenvalue weighted by atomic mass is 9.97. The third kappa shape index (κ3) is 2.15. The molecule has 1 amide bonds. The number of hydrogen-bond donors (Lipinski definition) is 2. The van der Waals surface area contributed by atoms with Crippen LogP contribution in [-0.4, -0.2) is 52.5 Å². The van der Waals surface area contributed by atoms with E-state index >= 15 is 0 Å². The van der Waals surface area contributed by atoms with Gasteiger partial charge in [0.2, 0.25) is 5.91 Å². The van der Waals surface area contributed by atoms with Crippen molar-refractivity contribution in [3.63, 3.8) is 0 Å². The van der Waals surface area contributed by atoms with Crippen LogP contribution in [0.1, 0.15) is 24.3 Å². The number of aromatic carboxylic acids is 1. The first-order valence-corrected chi connectivity index (χ1v) is 6.28. The van der Waals surface area contributed by atoms with Gasteiger partial charge in [-0.05, 0) is 26.0 Å². The first-order valence-electron chi connectivity index (χ1n) is 6.28. The molecule has 1 saturated heterocycles. The molecule has 0 radical (unpaired) electrons. The summed E-state index contributed by atoms with van der Waals surface area (Å²) in [5.41, 5.74) is 5.36. The molecule has 2 rings (SSSR count). The first kappa shape index (κ1) is 14.1. The van der Waals surface area contributed by atoms with Crippen LogP contribution >= 0.6 is 0 Å². The molecule has 1 aliphatic rings. The Morgan fingerprint density at radius 1 is 1.40 bits per heavy atom. The molecule has 7 heteroatoms. The van der Waals surface area contributed by atoms with Crippen molar-refractivity contribution in [3.05, 3.63) is 17.8 Å². The fourth-order valence-corrected chi connectivity index (χ4v) is 2.38. The number of likely N-dealkylation sites (N-methyl/N-ethyl adjacent to an activating group) is 1. The summed E-state index contributed by atoms with van der Waals surface area (Å²) in [7, 11) is 1.74. The summed E-state index contributed by atoms with van der Waals surface area (Å²) < 4.78 is 0. The standard InChI is InChI=1S/C13H18N4O3/c1-13(2)12(20)16(3)6-7-17(13)10-8(14)4-5-9(15-10)11(18)19/h4-5H,6-7,14H2,1-3H3,(H,18,19). The van der Waals surface area contributed by atoms with E-state index in [-0.39, 0.29) is 11.6 Å². The van der Waals surface area contributed by atoms with Gasteiger partial charge in [0.15, 0.2) is 11.5 Å². The number of pyridine rings is 1. The molecule has 0 saturated carbocycles. The highest BCUT2D eigenvalue weighted by Gasteiger charge is 2.41. The number of carbonyl (C=O) groups excluding carboxylic acids is 1. The number of carbonyl (C=O) groups is 2. The summed E-state index contributed by atoms with van der Waals surface area (Å²) in [6.07, 6.45) is 0. The summed E-state index contributed by atoms with van der Waals surface area (Å²) in [6, 6.07) is 2.86. The molecule has 0 unspecified atom stereocenters. The number of aromatic nitrogens is 1. The molecule has 108 valence electrons. The summed E-state index contributed by atoms with van der Waals surface area (Å²) in [4.78, 5) is 30.8. The molecule has 20 heavy (non-hydrogen) atoms. The monoisotopic (exact) mass is 278 g/mol. The van der Waals surface area contributed by atoms with E-state index in [0.29, 0.717) is 24.6 Å². The quantitative estimate of drug-likeness (QED) is 0.813. The lowest BCUT2D eigenvalue weighted by Gasteiger charge is -2.45. The van der Waals surface area contributed by atoms with Gasteiger partial charge in [-0.3, -0.25) is 4.79 Å². The van der Waals surface area contributed by atoms with Gasteiger partial charge < -0.3 is 20.6 Å². The number of carboxylic acid groups (broad SMARTS) is 1. The topological polar surface area (TPSA) is 99.8 Å². The fourth-order valence-electron chi connectivity index (χ4n) is 2.38. The van der Waals surface area contributed by atoms with Crippen LogP contribution in [0.3, 0.4) is 0 Å². The van der Waals surface area contributed by atoms with Crippen LogP contribution in [0.25, 0.3) is 0 Å². The molecule has 0 aromatic carbocycles. The maximum atomic E-state index is 12.3. The smallest absolute Gasteiger partial charge is 0.354 e. The molecule has 0 aliphatic carbocycles. The highest BCUT2D eigenvalue weighted by atomic mass is 16.4. The minimum Gasteiger partial charge on any atom is -0.477 e. The molecule has 7 nitrogen and oxygen atoms in total. The normalized spacial score (nSPS) is 18.2. The van der Waals surface area contributed by atoms with Gasteiger partial charge >= 0.3 is 5.97 Å². The molecular formula is C13H18N4O3. The van der Waals surface area contributed by atoms with E-state index in [0.717, 1.165) is 0 Å². The van der Waals surface area contributed by atoms with E-state index in [1.165, 1.54) is 12.1 Å². The molecule has 0 spiro atoms. The molecule has 1 fully saturated rings. The summed E-state index contributed by atoms with van der Waals surface area (Å²) in [5, 5.41) is 9.03. The summed E-state index contributed by atoms with van der Waals surface area (Å²) >= 11 is 0. The highest BCUT2D eigenvalue weighted by molar-refractivity contribution is 5.92. The van der Waals surface area contributed by atoms with Crippen LogP contribution in [0.5, 0.6) is 0 Å². The van der Waals surface area contributed by atoms with Crippen LogP contribution in [-0.2, 0) is 4.79 Å². The lowest BCUT2D eigenvalue weighted by Crippen LogP contribution is -2.62. The van der Waals surface area contributed by atoms with Crippen molar-refractivity contribution in [2.45, 2.75) is 19.4 Å². The molecule has 1 aromatic rings. The Morgan fingerprint density at radius 2 is 2.05 bits per heavy atom. The van der Waals surface area contributed by atoms with Crippen molar-refractivity contribution < 1.29 is 14.7 Å². The number of hydrogen-bond acceptors (Lipinski definition) is 5. The average molecular weight is 278 g/mol. The maximum Gasteiger partial charge on any atom is 0.354 e. The number of nitrogens with two attached hydrogens (primary N) is 1. The van der Waals surface area contributed by atoms with Gasteiger partial charge in [0.05, 0.1) is 5.69 Å². The number of anilines is 2. The van der Waals surface area contributed by atoms with Crippen molar-refractivity contribution >= 4 is 23.4 Å². The first-order chi connectivity index (χ1) is 9.25. The Morgan fingerprint density at radius 3 is 2.65 bits per heavy atom. The van der Waals surface area contributed by atoms with Crippen LogP contribution in [0.2, 0.25) is 0 Å². The molecular weight excluding hydrogens is 260 g/mol. The van der Waals surface area contributed by atoms with Crippen LogP contribution in [0.4, 0.5) is 11.5 Å². The zero-order valence-electron chi connectivity index (χ0n) is 11.8. The van der Waals surface area contributed by atoms with Gasteiger partial charge in [-0.15, -0.1) is 0 Å². The van der Waals surface area contributed by atoms with E-state index in [9.17, 15) is 9.59 Å². The third-order valence-corrected chi connectivity index (χ3v) is 3.58. The predicted octanol–water partition coefficient (Wildman–Crippen LogP) is 0.419. The largest absolute Gasteiger partial charge is 0.477 e. The van der Waals surface area contributed by atoms with E-state index in [1.54, 1.807) is 30.7 Å². The number of rotatable bonds is 2. The van der Waals surface area contributed by atoms with E-state index < -0.39 is 11.5 Å². The second kappa shape index (κ2) is 4.66. The number of piperazine rings is 1. The number of nitrogen functional groups attached to an aromatic ring is 1. The van der Waals surface area contributed by atoms with Gasteiger partial charge in [-0.2, -0.15) is 0 Å². The Labute approximate surface area is 117 Å². The molecule has 3 N–H and O–H groups in total. The molecule has 0 atom stereocenters. The van der Waals surface area contributed by atoms with E-state index in [1.807, 2.05) is 0 Å². The third-order valence-electron chi connectivity index (χ3n) is 3.58. The van der Waals surface area contributed by atoms with Gasteiger partial charge in [0.1, 0.15) is 5.54 Å². The SMILES string of the molecule is CN1CCN(c2nc(C(=O)O)ccc2N)C(C)(C)C1=O. The van der Waals surface area contributed by atoms with Crippen LogP contribution < -0.4 is 10.6 Å². The fraction of sp³-hybridized carbons (Fsp3) is 0.462. The van der Waals surface area contributed by atoms with Crippen molar-refractivity contribution in [2.75, 3.05) is 30.8 Å². The van der Waals surface area contributed by atoms with Crippen molar-refractivity contribution in [1.29, 1.82) is 0 Å². The number of nitrogens with zero attached hydrogens (tertiary/aromatic N) is 3. The zero-order valence-corrected chi connectivity index (χ0v) is 11.8. The Hall–Kier alpha value is -2.31. The van der Waals surface area contributed by atoms with Gasteiger partial charge in [-0.25, -0.2) is 9.78 Å². The predicted molar refractivity (Wildman–Crippen MR) is 74.7 cm³/mol. The minimum atomic E-state index is -1.12.